The SMILES string of the molecule is Cc1cc(C(C(=O)C(C)C)C(C)C)on1. The van der Waals surface area contributed by atoms with Crippen molar-refractivity contribution in [3.63, 3.8) is 0 Å². The van der Waals surface area contributed by atoms with E-state index in [9.17, 15) is 4.79 Å². The fourth-order valence-corrected chi connectivity index (χ4v) is 1.69. The van der Waals surface area contributed by atoms with Gasteiger partial charge in [0.25, 0.3) is 0 Å². The summed E-state index contributed by atoms with van der Waals surface area (Å²) in [6.07, 6.45) is 0. The molecule has 0 bridgehead atoms. The molecule has 84 valence electrons. The van der Waals surface area contributed by atoms with Gasteiger partial charge in [-0.1, -0.05) is 32.9 Å². The lowest BCUT2D eigenvalue weighted by molar-refractivity contribution is -0.124. The van der Waals surface area contributed by atoms with E-state index in [0.717, 1.165) is 5.69 Å². The van der Waals surface area contributed by atoms with Crippen LogP contribution < -0.4 is 0 Å². The molecule has 3 nitrogen and oxygen atoms in total. The molecule has 0 radical (unpaired) electrons. The van der Waals surface area contributed by atoms with Gasteiger partial charge in [-0.2, -0.15) is 0 Å². The van der Waals surface area contributed by atoms with Gasteiger partial charge in [0.1, 0.15) is 11.5 Å². The smallest absolute Gasteiger partial charge is 0.147 e. The molecule has 1 heterocycles. The molecular formula is C12H19NO2. The molecular weight excluding hydrogens is 190 g/mol. The van der Waals surface area contributed by atoms with Crippen LogP contribution in [0.3, 0.4) is 0 Å². The summed E-state index contributed by atoms with van der Waals surface area (Å²) in [5.41, 5.74) is 0.826. The van der Waals surface area contributed by atoms with Gasteiger partial charge >= 0.3 is 0 Å². The fraction of sp³-hybridized carbons (Fsp3) is 0.667. The summed E-state index contributed by atoms with van der Waals surface area (Å²) in [6.45, 7) is 9.76. The van der Waals surface area contributed by atoms with Crippen molar-refractivity contribution in [2.45, 2.75) is 40.5 Å². The maximum Gasteiger partial charge on any atom is 0.147 e. The van der Waals surface area contributed by atoms with Crippen molar-refractivity contribution in [3.8, 4) is 0 Å². The summed E-state index contributed by atoms with van der Waals surface area (Å²) >= 11 is 0. The van der Waals surface area contributed by atoms with E-state index in [-0.39, 0.29) is 23.5 Å². The normalized spacial score (nSPS) is 13.5. The highest BCUT2D eigenvalue weighted by molar-refractivity contribution is 5.86. The number of aromatic nitrogens is 1. The number of nitrogens with zero attached hydrogens (tertiary/aromatic N) is 1. The summed E-state index contributed by atoms with van der Waals surface area (Å²) in [4.78, 5) is 12.0. The zero-order chi connectivity index (χ0) is 11.6. The highest BCUT2D eigenvalue weighted by Crippen LogP contribution is 2.28. The minimum atomic E-state index is -0.161. The van der Waals surface area contributed by atoms with E-state index in [4.69, 9.17) is 4.52 Å². The predicted octanol–water partition coefficient (Wildman–Crippen LogP) is 2.95. The highest BCUT2D eigenvalue weighted by atomic mass is 16.5. The zero-order valence-electron chi connectivity index (χ0n) is 10.1. The molecule has 0 saturated heterocycles. The van der Waals surface area contributed by atoms with Gasteiger partial charge < -0.3 is 4.52 Å². The van der Waals surface area contributed by atoms with Crippen molar-refractivity contribution in [2.24, 2.45) is 11.8 Å². The van der Waals surface area contributed by atoms with E-state index in [1.165, 1.54) is 0 Å². The second-order valence-corrected chi connectivity index (χ2v) is 4.65. The summed E-state index contributed by atoms with van der Waals surface area (Å²) < 4.78 is 5.19. The van der Waals surface area contributed by atoms with Gasteiger partial charge in [-0.3, -0.25) is 4.79 Å². The van der Waals surface area contributed by atoms with Crippen LogP contribution in [0.25, 0.3) is 0 Å². The van der Waals surface area contributed by atoms with E-state index in [2.05, 4.69) is 5.16 Å². The van der Waals surface area contributed by atoms with E-state index in [0.29, 0.717) is 5.76 Å². The fourth-order valence-electron chi connectivity index (χ4n) is 1.69. The van der Waals surface area contributed by atoms with Crippen LogP contribution in [0.5, 0.6) is 0 Å². The van der Waals surface area contributed by atoms with Crippen LogP contribution in [0.2, 0.25) is 0 Å². The molecule has 0 aliphatic carbocycles. The summed E-state index contributed by atoms with van der Waals surface area (Å²) in [5, 5.41) is 3.83. The Morgan fingerprint density at radius 1 is 1.33 bits per heavy atom. The Labute approximate surface area is 90.8 Å². The average Bonchev–Trinajstić information content (AvgIpc) is 2.51. The van der Waals surface area contributed by atoms with Crippen LogP contribution in [-0.2, 0) is 4.79 Å². The number of hydrogen-bond acceptors (Lipinski definition) is 3. The van der Waals surface area contributed by atoms with Crippen molar-refractivity contribution in [1.82, 2.24) is 5.16 Å². The number of carbonyl (C=O) groups is 1. The van der Waals surface area contributed by atoms with Crippen molar-refractivity contribution in [2.75, 3.05) is 0 Å². The number of rotatable bonds is 4. The van der Waals surface area contributed by atoms with Gasteiger partial charge in [-0.15, -0.1) is 0 Å². The Balaban J connectivity index is 2.98. The quantitative estimate of drug-likeness (QED) is 0.765. The van der Waals surface area contributed by atoms with E-state index >= 15 is 0 Å². The second-order valence-electron chi connectivity index (χ2n) is 4.65. The Kier molecular flexibility index (Phi) is 3.66. The first-order chi connectivity index (χ1) is 6.93. The van der Waals surface area contributed by atoms with Gasteiger partial charge in [-0.25, -0.2) is 0 Å². The van der Waals surface area contributed by atoms with Crippen molar-refractivity contribution in [3.05, 3.63) is 17.5 Å². The van der Waals surface area contributed by atoms with Crippen LogP contribution >= 0.6 is 0 Å². The molecule has 1 aromatic rings. The molecule has 1 rings (SSSR count). The lowest BCUT2D eigenvalue weighted by Gasteiger charge is -2.18. The minimum absolute atomic E-state index is 0.0304. The molecule has 1 atom stereocenters. The van der Waals surface area contributed by atoms with Crippen molar-refractivity contribution >= 4 is 5.78 Å². The second kappa shape index (κ2) is 4.60. The van der Waals surface area contributed by atoms with Crippen molar-refractivity contribution in [1.29, 1.82) is 0 Å². The van der Waals surface area contributed by atoms with E-state index in [1.807, 2.05) is 40.7 Å². The van der Waals surface area contributed by atoms with Gasteiger partial charge in [0.05, 0.1) is 11.6 Å². The molecule has 0 aliphatic heterocycles. The number of hydrogen-bond donors (Lipinski definition) is 0. The maximum absolute atomic E-state index is 12.0. The number of ketones is 1. The van der Waals surface area contributed by atoms with Gasteiger partial charge in [0.2, 0.25) is 0 Å². The monoisotopic (exact) mass is 209 g/mol. The van der Waals surface area contributed by atoms with E-state index < -0.39 is 0 Å². The van der Waals surface area contributed by atoms with Crippen LogP contribution in [0.1, 0.15) is 45.1 Å². The first kappa shape index (κ1) is 12.0. The predicted molar refractivity (Wildman–Crippen MR) is 58.7 cm³/mol. The standard InChI is InChI=1S/C12H19NO2/c1-7(2)11(12(14)8(3)4)10-6-9(5)13-15-10/h6-8,11H,1-5H3. The Morgan fingerprint density at radius 3 is 2.27 bits per heavy atom. The molecule has 0 spiro atoms. The first-order valence-corrected chi connectivity index (χ1v) is 5.40. The van der Waals surface area contributed by atoms with Crippen LogP contribution in [0, 0.1) is 18.8 Å². The molecule has 0 aliphatic rings. The minimum Gasteiger partial charge on any atom is -0.360 e. The maximum atomic E-state index is 12.0. The number of aryl methyl sites for hydroxylation is 1. The first-order valence-electron chi connectivity index (χ1n) is 5.40. The van der Waals surface area contributed by atoms with E-state index in [1.54, 1.807) is 0 Å². The zero-order valence-corrected chi connectivity index (χ0v) is 10.1. The molecule has 0 amide bonds. The highest BCUT2D eigenvalue weighted by Gasteiger charge is 2.29. The molecule has 0 aromatic carbocycles. The Morgan fingerprint density at radius 2 is 1.93 bits per heavy atom. The average molecular weight is 209 g/mol. The van der Waals surface area contributed by atoms with Gasteiger partial charge in [-0.05, 0) is 12.8 Å². The summed E-state index contributed by atoms with van der Waals surface area (Å²) in [5.74, 6) is 1.03. The summed E-state index contributed by atoms with van der Waals surface area (Å²) in [7, 11) is 0. The van der Waals surface area contributed by atoms with Gasteiger partial charge in [0, 0.05) is 12.0 Å². The van der Waals surface area contributed by atoms with Crippen LogP contribution in [-0.4, -0.2) is 10.9 Å². The number of Topliss-reactive ketones (excluding diaryl/α,β-unsaturated/α-hetero) is 1. The van der Waals surface area contributed by atoms with Crippen molar-refractivity contribution < 1.29 is 9.32 Å². The lowest BCUT2D eigenvalue weighted by Crippen LogP contribution is -2.22. The van der Waals surface area contributed by atoms with Crippen LogP contribution in [0.4, 0.5) is 0 Å². The third-order valence-electron chi connectivity index (χ3n) is 2.49. The third-order valence-corrected chi connectivity index (χ3v) is 2.49. The molecule has 0 fully saturated rings. The molecule has 1 aromatic heterocycles. The Hall–Kier alpha value is -1.12. The topological polar surface area (TPSA) is 43.1 Å². The molecule has 0 N–H and O–H groups in total. The van der Waals surface area contributed by atoms with Crippen LogP contribution in [0.15, 0.2) is 10.6 Å². The third kappa shape index (κ3) is 2.67. The molecule has 0 saturated carbocycles. The molecule has 15 heavy (non-hydrogen) atoms. The number of carbonyl (C=O) groups excluding carboxylic acids is 1. The molecule has 1 unspecified atom stereocenters. The Bertz CT molecular complexity index is 339. The molecule has 3 heteroatoms. The van der Waals surface area contributed by atoms with Gasteiger partial charge in [0.15, 0.2) is 0 Å². The largest absolute Gasteiger partial charge is 0.360 e. The summed E-state index contributed by atoms with van der Waals surface area (Å²) in [6, 6.07) is 1.85. The lowest BCUT2D eigenvalue weighted by atomic mass is 9.84.